The van der Waals surface area contributed by atoms with Crippen molar-refractivity contribution in [3.05, 3.63) is 65.9 Å². The monoisotopic (exact) mass is 525 g/mol. The third kappa shape index (κ3) is 6.22. The lowest BCUT2D eigenvalue weighted by atomic mass is 10.0. The molecule has 1 heterocycles. The second kappa shape index (κ2) is 10.4. The molecule has 0 bridgehead atoms. The number of carbonyl (C=O) groups is 2. The molecule has 1 atom stereocenters. The van der Waals surface area contributed by atoms with Crippen molar-refractivity contribution in [2.75, 3.05) is 11.8 Å². The Kier molecular flexibility index (Phi) is 7.72. The van der Waals surface area contributed by atoms with Crippen LogP contribution in [-0.2, 0) is 25.7 Å². The lowest BCUT2D eigenvalue weighted by Crippen LogP contribution is -2.44. The van der Waals surface area contributed by atoms with Gasteiger partial charge in [0, 0.05) is 17.3 Å². The van der Waals surface area contributed by atoms with E-state index in [4.69, 9.17) is 4.52 Å². The number of aromatic nitrogens is 1. The van der Waals surface area contributed by atoms with E-state index >= 15 is 0 Å². The van der Waals surface area contributed by atoms with E-state index in [1.54, 1.807) is 13.8 Å². The number of carbonyl (C=O) groups excluding carboxylic acids is 2. The van der Waals surface area contributed by atoms with E-state index in [0.29, 0.717) is 17.7 Å². The zero-order valence-corrected chi connectivity index (χ0v) is 20.1. The average molecular weight is 526 g/mol. The topological polar surface area (TPSA) is 128 Å². The molecule has 36 heavy (non-hydrogen) atoms. The highest BCUT2D eigenvalue weighted by molar-refractivity contribution is 7.92. The summed E-state index contributed by atoms with van der Waals surface area (Å²) in [4.78, 5) is 24.0. The maximum atomic E-state index is 12.7. The second-order valence-corrected chi connectivity index (χ2v) is 9.68. The van der Waals surface area contributed by atoms with Gasteiger partial charge in [0.05, 0.1) is 17.6 Å². The fraction of sp³-hybridized carbons (Fsp3) is 0.261. The summed E-state index contributed by atoms with van der Waals surface area (Å²) >= 11 is 0. The number of sulfonamides is 1. The summed E-state index contributed by atoms with van der Waals surface area (Å²) in [5.74, 6) is -1.65. The van der Waals surface area contributed by atoms with E-state index in [-0.39, 0.29) is 28.0 Å². The molecule has 192 valence electrons. The standard InChI is InChI=1S/C23H22F3N3O6S/c1-13(2)20(22(31)34-3)27-21(30)19-12-18(28-35-19)14-4-8-16(9-5-14)29-36(32,33)17-10-6-15(7-11-17)23(24,25)26/h4-13,20,29H,1-3H3,(H,27,30). The molecule has 3 rings (SSSR count). The first kappa shape index (κ1) is 26.7. The first-order valence-corrected chi connectivity index (χ1v) is 12.0. The first-order valence-electron chi connectivity index (χ1n) is 10.5. The lowest BCUT2D eigenvalue weighted by Gasteiger charge is -2.18. The van der Waals surface area contributed by atoms with Crippen LogP contribution in [0.5, 0.6) is 0 Å². The number of hydrogen-bond donors (Lipinski definition) is 2. The average Bonchev–Trinajstić information content (AvgIpc) is 3.32. The van der Waals surface area contributed by atoms with Crippen LogP contribution in [0.4, 0.5) is 18.9 Å². The van der Waals surface area contributed by atoms with E-state index in [9.17, 15) is 31.2 Å². The molecule has 13 heteroatoms. The number of esters is 1. The quantitative estimate of drug-likeness (QED) is 0.424. The third-order valence-corrected chi connectivity index (χ3v) is 6.46. The van der Waals surface area contributed by atoms with Gasteiger partial charge in [-0.3, -0.25) is 9.52 Å². The summed E-state index contributed by atoms with van der Waals surface area (Å²) in [6, 6.07) is 9.42. The molecule has 0 radical (unpaired) electrons. The summed E-state index contributed by atoms with van der Waals surface area (Å²) in [5.41, 5.74) is -0.0467. The molecule has 0 saturated carbocycles. The molecule has 1 amide bonds. The highest BCUT2D eigenvalue weighted by atomic mass is 32.2. The Hall–Kier alpha value is -3.87. The lowest BCUT2D eigenvalue weighted by molar-refractivity contribution is -0.144. The van der Waals surface area contributed by atoms with Gasteiger partial charge in [0.2, 0.25) is 5.76 Å². The molecule has 3 aromatic rings. The molecule has 2 N–H and O–H groups in total. The number of alkyl halides is 3. The number of rotatable bonds is 8. The van der Waals surface area contributed by atoms with E-state index in [1.165, 1.54) is 37.4 Å². The predicted octanol–water partition coefficient (Wildman–Crippen LogP) is 4.09. The number of benzene rings is 2. The number of nitrogens with zero attached hydrogens (tertiary/aromatic N) is 1. The van der Waals surface area contributed by atoms with E-state index in [1.807, 2.05) is 0 Å². The van der Waals surface area contributed by atoms with Gasteiger partial charge in [-0.15, -0.1) is 0 Å². The number of hydrogen-bond acceptors (Lipinski definition) is 7. The van der Waals surface area contributed by atoms with Crippen molar-refractivity contribution in [2.24, 2.45) is 5.92 Å². The van der Waals surface area contributed by atoms with Crippen molar-refractivity contribution < 1.29 is 40.4 Å². The van der Waals surface area contributed by atoms with Gasteiger partial charge in [-0.1, -0.05) is 31.1 Å². The molecule has 0 spiro atoms. The Labute approximate surface area is 204 Å². The molecule has 0 fully saturated rings. The van der Waals surface area contributed by atoms with Crippen LogP contribution in [0.2, 0.25) is 0 Å². The van der Waals surface area contributed by atoms with Crippen molar-refractivity contribution in [1.29, 1.82) is 0 Å². The summed E-state index contributed by atoms with van der Waals surface area (Å²) < 4.78 is 75.2. The van der Waals surface area contributed by atoms with Gasteiger partial charge in [0.25, 0.3) is 15.9 Å². The minimum Gasteiger partial charge on any atom is -0.467 e. The van der Waals surface area contributed by atoms with Crippen molar-refractivity contribution in [3.63, 3.8) is 0 Å². The molecule has 9 nitrogen and oxygen atoms in total. The Morgan fingerprint density at radius 1 is 1.03 bits per heavy atom. The first-order chi connectivity index (χ1) is 16.8. The summed E-state index contributed by atoms with van der Waals surface area (Å²) in [6.45, 7) is 3.47. The number of anilines is 1. The Bertz CT molecular complexity index is 1330. The zero-order valence-electron chi connectivity index (χ0n) is 19.3. The zero-order chi connectivity index (χ0) is 26.7. The van der Waals surface area contributed by atoms with E-state index < -0.39 is 39.7 Å². The molecule has 0 aliphatic carbocycles. The van der Waals surface area contributed by atoms with Gasteiger partial charge < -0.3 is 14.6 Å². The van der Waals surface area contributed by atoms with Gasteiger partial charge in [-0.05, 0) is 42.3 Å². The highest BCUT2D eigenvalue weighted by Gasteiger charge is 2.31. The van der Waals surface area contributed by atoms with Gasteiger partial charge in [-0.25, -0.2) is 13.2 Å². The predicted molar refractivity (Wildman–Crippen MR) is 122 cm³/mol. The van der Waals surface area contributed by atoms with Crippen LogP contribution in [0.15, 0.2) is 64.0 Å². The van der Waals surface area contributed by atoms with Crippen molar-refractivity contribution >= 4 is 27.6 Å². The van der Waals surface area contributed by atoms with Crippen LogP contribution >= 0.6 is 0 Å². The second-order valence-electron chi connectivity index (χ2n) is 8.00. The van der Waals surface area contributed by atoms with Gasteiger partial charge in [-0.2, -0.15) is 13.2 Å². The van der Waals surface area contributed by atoms with Crippen molar-refractivity contribution in [3.8, 4) is 11.3 Å². The van der Waals surface area contributed by atoms with Crippen LogP contribution in [0.3, 0.4) is 0 Å². The number of amides is 1. The Morgan fingerprint density at radius 2 is 1.64 bits per heavy atom. The van der Waals surface area contributed by atoms with Gasteiger partial charge in [0.1, 0.15) is 11.7 Å². The number of halogens is 3. The molecular formula is C23H22F3N3O6S. The van der Waals surface area contributed by atoms with Gasteiger partial charge >= 0.3 is 12.1 Å². The van der Waals surface area contributed by atoms with Crippen LogP contribution in [-0.4, -0.2) is 38.6 Å². The van der Waals surface area contributed by atoms with Crippen molar-refractivity contribution in [1.82, 2.24) is 10.5 Å². The van der Waals surface area contributed by atoms with Crippen LogP contribution < -0.4 is 10.0 Å². The maximum absolute atomic E-state index is 12.7. The minimum atomic E-state index is -4.58. The molecule has 1 aromatic heterocycles. The molecule has 1 unspecified atom stereocenters. The molecule has 0 aliphatic rings. The molecule has 2 aromatic carbocycles. The number of nitrogens with one attached hydrogen (secondary N) is 2. The highest BCUT2D eigenvalue weighted by Crippen LogP contribution is 2.30. The fourth-order valence-electron chi connectivity index (χ4n) is 3.10. The number of methoxy groups -OCH3 is 1. The maximum Gasteiger partial charge on any atom is 0.416 e. The largest absolute Gasteiger partial charge is 0.467 e. The van der Waals surface area contributed by atoms with Crippen LogP contribution in [0, 0.1) is 5.92 Å². The summed E-state index contributed by atoms with van der Waals surface area (Å²) in [5, 5.41) is 6.35. The van der Waals surface area contributed by atoms with Crippen LogP contribution in [0.25, 0.3) is 11.3 Å². The molecular weight excluding hydrogens is 503 g/mol. The van der Waals surface area contributed by atoms with E-state index in [2.05, 4.69) is 19.9 Å². The molecule has 0 aliphatic heterocycles. The molecule has 0 saturated heterocycles. The van der Waals surface area contributed by atoms with Gasteiger partial charge in [0.15, 0.2) is 0 Å². The van der Waals surface area contributed by atoms with Crippen LogP contribution in [0.1, 0.15) is 30.0 Å². The summed E-state index contributed by atoms with van der Waals surface area (Å²) in [7, 11) is -2.92. The van der Waals surface area contributed by atoms with Crippen molar-refractivity contribution in [2.45, 2.75) is 31.0 Å². The fourth-order valence-corrected chi connectivity index (χ4v) is 4.16. The Balaban J connectivity index is 1.71. The third-order valence-electron chi connectivity index (χ3n) is 5.07. The normalized spacial score (nSPS) is 12.8. The SMILES string of the molecule is COC(=O)C(NC(=O)c1cc(-c2ccc(NS(=O)(=O)c3ccc(C(F)(F)F)cc3)cc2)no1)C(C)C. The minimum absolute atomic E-state index is 0.147. The summed E-state index contributed by atoms with van der Waals surface area (Å²) in [6.07, 6.45) is -4.58. The smallest absolute Gasteiger partial charge is 0.416 e. The Morgan fingerprint density at radius 3 is 2.17 bits per heavy atom. The number of ether oxygens (including phenoxy) is 1. The van der Waals surface area contributed by atoms with E-state index in [0.717, 1.165) is 12.1 Å².